The first-order valence-electron chi connectivity index (χ1n) is 6.15. The number of nitrogens with one attached hydrogen (secondary N) is 1. The van der Waals surface area contributed by atoms with Gasteiger partial charge in [-0.25, -0.2) is 9.18 Å². The molecule has 0 heterocycles. The zero-order valence-corrected chi connectivity index (χ0v) is 13.1. The highest BCUT2D eigenvalue weighted by Gasteiger charge is 2.14. The predicted octanol–water partition coefficient (Wildman–Crippen LogP) is 4.23. The summed E-state index contributed by atoms with van der Waals surface area (Å²) in [5.41, 5.74) is 7.91. The van der Waals surface area contributed by atoms with Crippen LogP contribution in [0.4, 0.5) is 21.5 Å². The van der Waals surface area contributed by atoms with Crippen LogP contribution in [0.1, 0.15) is 21.5 Å². The number of rotatable bonds is 3. The Kier molecular flexibility index (Phi) is 4.18. The number of aromatic carboxylic acids is 1. The van der Waals surface area contributed by atoms with Crippen LogP contribution in [0.15, 0.2) is 28.7 Å². The Hall–Kier alpha value is -2.08. The molecule has 0 bridgehead atoms. The monoisotopic (exact) mass is 352 g/mol. The van der Waals surface area contributed by atoms with Crippen LogP contribution in [0.2, 0.25) is 0 Å². The maximum Gasteiger partial charge on any atom is 0.337 e. The van der Waals surface area contributed by atoms with Crippen molar-refractivity contribution in [2.75, 3.05) is 11.1 Å². The fourth-order valence-electron chi connectivity index (χ4n) is 2.11. The van der Waals surface area contributed by atoms with Gasteiger partial charge in [-0.2, -0.15) is 0 Å². The molecule has 0 unspecified atom stereocenters. The average Bonchev–Trinajstić information content (AvgIpc) is 2.35. The van der Waals surface area contributed by atoms with E-state index < -0.39 is 11.8 Å². The number of hydrogen-bond acceptors (Lipinski definition) is 3. The number of benzene rings is 2. The fourth-order valence-corrected chi connectivity index (χ4v) is 2.80. The fraction of sp³-hybridized carbons (Fsp3) is 0.133. The Bertz CT molecular complexity index is 709. The second kappa shape index (κ2) is 5.73. The highest BCUT2D eigenvalue weighted by molar-refractivity contribution is 9.10. The summed E-state index contributed by atoms with van der Waals surface area (Å²) < 4.78 is 14.9. The minimum atomic E-state index is -1.19. The molecule has 0 aliphatic heterocycles. The van der Waals surface area contributed by atoms with Crippen molar-refractivity contribution in [1.29, 1.82) is 0 Å². The van der Waals surface area contributed by atoms with E-state index >= 15 is 0 Å². The summed E-state index contributed by atoms with van der Waals surface area (Å²) >= 11 is 3.39. The number of anilines is 3. The van der Waals surface area contributed by atoms with Crippen molar-refractivity contribution in [3.63, 3.8) is 0 Å². The molecule has 0 fully saturated rings. The quantitative estimate of drug-likeness (QED) is 0.722. The molecule has 21 heavy (non-hydrogen) atoms. The summed E-state index contributed by atoms with van der Waals surface area (Å²) in [6.07, 6.45) is 0. The van der Waals surface area contributed by atoms with Crippen LogP contribution in [0, 0.1) is 19.7 Å². The van der Waals surface area contributed by atoms with Crippen LogP contribution >= 0.6 is 15.9 Å². The number of carbonyl (C=O) groups is 1. The SMILES string of the molecule is Cc1cc(Br)cc(C)c1Nc1cc(C(=O)O)c(N)cc1F. The Morgan fingerprint density at radius 1 is 1.24 bits per heavy atom. The van der Waals surface area contributed by atoms with Crippen LogP contribution in [-0.2, 0) is 0 Å². The number of carboxylic acid groups (broad SMARTS) is 1. The van der Waals surface area contributed by atoms with E-state index in [0.29, 0.717) is 0 Å². The Balaban J connectivity index is 2.50. The molecule has 2 aromatic rings. The molecule has 0 atom stereocenters. The van der Waals surface area contributed by atoms with Crippen LogP contribution in [0.5, 0.6) is 0 Å². The van der Waals surface area contributed by atoms with Crippen LogP contribution in [0.25, 0.3) is 0 Å². The molecule has 0 aliphatic rings. The third kappa shape index (κ3) is 3.16. The smallest absolute Gasteiger partial charge is 0.337 e. The zero-order chi connectivity index (χ0) is 15.7. The van der Waals surface area contributed by atoms with Gasteiger partial charge in [0.1, 0.15) is 5.82 Å². The van der Waals surface area contributed by atoms with E-state index in [0.717, 1.165) is 27.4 Å². The van der Waals surface area contributed by atoms with Crippen molar-refractivity contribution < 1.29 is 14.3 Å². The van der Waals surface area contributed by atoms with Gasteiger partial charge in [-0.05, 0) is 49.2 Å². The van der Waals surface area contributed by atoms with Gasteiger partial charge in [0.25, 0.3) is 0 Å². The van der Waals surface area contributed by atoms with E-state index in [9.17, 15) is 9.18 Å². The van der Waals surface area contributed by atoms with E-state index in [1.165, 1.54) is 6.07 Å². The van der Waals surface area contributed by atoms with Gasteiger partial charge >= 0.3 is 5.97 Å². The van der Waals surface area contributed by atoms with Crippen molar-refractivity contribution in [2.24, 2.45) is 0 Å². The Morgan fingerprint density at radius 3 is 2.33 bits per heavy atom. The number of hydrogen-bond donors (Lipinski definition) is 3. The van der Waals surface area contributed by atoms with E-state index in [-0.39, 0.29) is 16.9 Å². The lowest BCUT2D eigenvalue weighted by molar-refractivity contribution is 0.0698. The van der Waals surface area contributed by atoms with Crippen LogP contribution < -0.4 is 11.1 Å². The lowest BCUT2D eigenvalue weighted by atomic mass is 10.1. The summed E-state index contributed by atoms with van der Waals surface area (Å²) in [6.45, 7) is 3.76. The maximum atomic E-state index is 14.0. The molecule has 0 aliphatic carbocycles. The number of nitrogens with two attached hydrogens (primary N) is 1. The Morgan fingerprint density at radius 2 is 1.81 bits per heavy atom. The van der Waals surface area contributed by atoms with Gasteiger partial charge in [-0.1, -0.05) is 15.9 Å². The molecule has 0 amide bonds. The summed E-state index contributed by atoms with van der Waals surface area (Å²) in [5, 5.41) is 12.0. The van der Waals surface area contributed by atoms with Crippen molar-refractivity contribution in [2.45, 2.75) is 13.8 Å². The average molecular weight is 353 g/mol. The molecule has 4 nitrogen and oxygen atoms in total. The Labute approximate surface area is 129 Å². The van der Waals surface area contributed by atoms with E-state index in [1.54, 1.807) is 0 Å². The second-order valence-corrected chi connectivity index (χ2v) is 5.68. The van der Waals surface area contributed by atoms with Gasteiger partial charge in [-0.15, -0.1) is 0 Å². The highest BCUT2D eigenvalue weighted by Crippen LogP contribution is 2.31. The molecule has 4 N–H and O–H groups in total. The van der Waals surface area contributed by atoms with Gasteiger partial charge in [0.15, 0.2) is 0 Å². The largest absolute Gasteiger partial charge is 0.478 e. The summed E-state index contributed by atoms with van der Waals surface area (Å²) in [5.74, 6) is -1.79. The summed E-state index contributed by atoms with van der Waals surface area (Å²) in [7, 11) is 0. The van der Waals surface area contributed by atoms with E-state index in [4.69, 9.17) is 10.8 Å². The van der Waals surface area contributed by atoms with Crippen LogP contribution in [-0.4, -0.2) is 11.1 Å². The van der Waals surface area contributed by atoms with Gasteiger partial charge in [-0.3, -0.25) is 0 Å². The number of halogens is 2. The minimum Gasteiger partial charge on any atom is -0.478 e. The standard InChI is InChI=1S/C15H14BrFN2O2/c1-7-3-9(16)4-8(2)14(7)19-13-5-10(15(20)21)12(18)6-11(13)17/h3-6,19H,18H2,1-2H3,(H,20,21). The first-order chi connectivity index (χ1) is 9.79. The van der Waals surface area contributed by atoms with E-state index in [1.807, 2.05) is 26.0 Å². The van der Waals surface area contributed by atoms with Crippen molar-refractivity contribution in [3.8, 4) is 0 Å². The van der Waals surface area contributed by atoms with Crippen molar-refractivity contribution in [1.82, 2.24) is 0 Å². The molecule has 110 valence electrons. The molecule has 2 rings (SSSR count). The third-order valence-corrected chi connectivity index (χ3v) is 3.58. The molecule has 0 spiro atoms. The molecule has 0 radical (unpaired) electrons. The summed E-state index contributed by atoms with van der Waals surface area (Å²) in [6, 6.07) is 5.99. The lowest BCUT2D eigenvalue weighted by Gasteiger charge is -2.15. The molecular formula is C15H14BrFN2O2. The topological polar surface area (TPSA) is 75.3 Å². The first-order valence-corrected chi connectivity index (χ1v) is 6.95. The molecule has 2 aromatic carbocycles. The van der Waals surface area contributed by atoms with Gasteiger partial charge in [0, 0.05) is 15.8 Å². The van der Waals surface area contributed by atoms with Gasteiger partial charge in [0.2, 0.25) is 0 Å². The highest BCUT2D eigenvalue weighted by atomic mass is 79.9. The van der Waals surface area contributed by atoms with Crippen LogP contribution in [0.3, 0.4) is 0 Å². The van der Waals surface area contributed by atoms with Gasteiger partial charge < -0.3 is 16.2 Å². The third-order valence-electron chi connectivity index (χ3n) is 3.13. The zero-order valence-electron chi connectivity index (χ0n) is 11.5. The number of carboxylic acids is 1. The number of nitrogen functional groups attached to an aromatic ring is 1. The summed E-state index contributed by atoms with van der Waals surface area (Å²) in [4.78, 5) is 11.1. The predicted molar refractivity (Wildman–Crippen MR) is 84.7 cm³/mol. The molecule has 6 heteroatoms. The molecule has 0 saturated heterocycles. The maximum absolute atomic E-state index is 14.0. The second-order valence-electron chi connectivity index (χ2n) is 4.76. The van der Waals surface area contributed by atoms with Crippen molar-refractivity contribution in [3.05, 3.63) is 51.2 Å². The molecular weight excluding hydrogens is 339 g/mol. The molecule has 0 aromatic heterocycles. The van der Waals surface area contributed by atoms with Gasteiger partial charge in [0.05, 0.1) is 11.3 Å². The lowest BCUT2D eigenvalue weighted by Crippen LogP contribution is -2.06. The minimum absolute atomic E-state index is 0.0788. The number of aryl methyl sites for hydroxylation is 2. The normalized spacial score (nSPS) is 10.5. The molecule has 0 saturated carbocycles. The van der Waals surface area contributed by atoms with E-state index in [2.05, 4.69) is 21.2 Å². The first kappa shape index (κ1) is 15.3. The van der Waals surface area contributed by atoms with Crippen molar-refractivity contribution >= 4 is 39.0 Å².